The van der Waals surface area contributed by atoms with Gasteiger partial charge in [-0.2, -0.15) is 5.10 Å². The van der Waals surface area contributed by atoms with Gasteiger partial charge in [-0.25, -0.2) is 24.6 Å². The Morgan fingerprint density at radius 2 is 2.23 bits per heavy atom. The molecule has 0 fully saturated rings. The standard InChI is InChI=1S/C15H14N8O2S/c1-9-4-17-15-23(14(9)25)10(5-26-15)2-13(24)21-11-3-12(19-7-18-11)22-8-16-6-20-22/h3-4,6-8,10H,2,5H2,1H3,(H,18,19,21,24). The van der Waals surface area contributed by atoms with Crippen LogP contribution in [0.5, 0.6) is 0 Å². The van der Waals surface area contributed by atoms with Crippen molar-refractivity contribution < 1.29 is 4.79 Å². The molecule has 3 aromatic heterocycles. The van der Waals surface area contributed by atoms with Gasteiger partial charge < -0.3 is 5.32 Å². The molecule has 0 spiro atoms. The fraction of sp³-hybridized carbons (Fsp3) is 0.267. The minimum absolute atomic E-state index is 0.103. The molecule has 0 bridgehead atoms. The number of aryl methyl sites for hydroxylation is 1. The molecule has 1 aliphatic heterocycles. The van der Waals surface area contributed by atoms with Crippen molar-refractivity contribution in [3.63, 3.8) is 0 Å². The van der Waals surface area contributed by atoms with E-state index >= 15 is 0 Å². The van der Waals surface area contributed by atoms with E-state index in [-0.39, 0.29) is 23.9 Å². The maximum absolute atomic E-state index is 12.4. The molecule has 1 aliphatic rings. The Hall–Kier alpha value is -3.08. The summed E-state index contributed by atoms with van der Waals surface area (Å²) in [6.45, 7) is 1.72. The highest BCUT2D eigenvalue weighted by Crippen LogP contribution is 2.31. The van der Waals surface area contributed by atoms with E-state index < -0.39 is 0 Å². The summed E-state index contributed by atoms with van der Waals surface area (Å²) in [5, 5.41) is 7.37. The lowest BCUT2D eigenvalue weighted by Gasteiger charge is -2.13. The van der Waals surface area contributed by atoms with E-state index in [0.29, 0.717) is 28.1 Å². The van der Waals surface area contributed by atoms with Crippen molar-refractivity contribution in [2.75, 3.05) is 11.1 Å². The van der Waals surface area contributed by atoms with Gasteiger partial charge in [-0.3, -0.25) is 14.2 Å². The van der Waals surface area contributed by atoms with E-state index in [4.69, 9.17) is 0 Å². The van der Waals surface area contributed by atoms with Gasteiger partial charge in [-0.15, -0.1) is 0 Å². The van der Waals surface area contributed by atoms with Gasteiger partial charge in [0.2, 0.25) is 5.91 Å². The number of rotatable bonds is 4. The predicted octanol–water partition coefficient (Wildman–Crippen LogP) is 0.598. The first-order valence-corrected chi connectivity index (χ1v) is 8.78. The summed E-state index contributed by atoms with van der Waals surface area (Å²) in [6, 6.07) is 1.37. The van der Waals surface area contributed by atoms with E-state index in [9.17, 15) is 9.59 Å². The number of nitrogens with zero attached hydrogens (tertiary/aromatic N) is 7. The second-order valence-corrected chi connectivity index (χ2v) is 6.70. The van der Waals surface area contributed by atoms with Crippen molar-refractivity contribution in [1.29, 1.82) is 0 Å². The summed E-state index contributed by atoms with van der Waals surface area (Å²) in [5.74, 6) is 1.24. The van der Waals surface area contributed by atoms with Gasteiger partial charge in [0.25, 0.3) is 5.56 Å². The van der Waals surface area contributed by atoms with E-state index in [0.717, 1.165) is 0 Å². The molecule has 26 heavy (non-hydrogen) atoms. The molecule has 1 atom stereocenters. The third kappa shape index (κ3) is 3.08. The first-order valence-electron chi connectivity index (χ1n) is 7.79. The Morgan fingerprint density at radius 3 is 3.04 bits per heavy atom. The zero-order chi connectivity index (χ0) is 18.1. The van der Waals surface area contributed by atoms with Gasteiger partial charge >= 0.3 is 0 Å². The number of thioether (sulfide) groups is 1. The van der Waals surface area contributed by atoms with Gasteiger partial charge in [0.15, 0.2) is 11.0 Å². The number of hydrogen-bond donors (Lipinski definition) is 1. The fourth-order valence-electron chi connectivity index (χ4n) is 2.65. The Morgan fingerprint density at radius 1 is 1.35 bits per heavy atom. The summed E-state index contributed by atoms with van der Waals surface area (Å²) in [5.41, 5.74) is 0.461. The molecule has 0 aromatic carbocycles. The molecule has 0 saturated carbocycles. The van der Waals surface area contributed by atoms with E-state index in [1.54, 1.807) is 23.8 Å². The predicted molar refractivity (Wildman–Crippen MR) is 93.2 cm³/mol. The van der Waals surface area contributed by atoms with Gasteiger partial charge in [0, 0.05) is 30.0 Å². The number of aromatic nitrogens is 7. The summed E-state index contributed by atoms with van der Waals surface area (Å²) in [7, 11) is 0. The Bertz CT molecular complexity index is 1020. The number of amides is 1. The highest BCUT2D eigenvalue weighted by Gasteiger charge is 2.27. The number of fused-ring (bicyclic) bond motifs is 1. The molecule has 0 aliphatic carbocycles. The Labute approximate surface area is 151 Å². The van der Waals surface area contributed by atoms with Crippen LogP contribution in [0.15, 0.2) is 41.2 Å². The zero-order valence-electron chi connectivity index (χ0n) is 13.7. The fourth-order valence-corrected chi connectivity index (χ4v) is 3.75. The van der Waals surface area contributed by atoms with E-state index in [1.807, 2.05) is 0 Å². The second kappa shape index (κ2) is 6.67. The van der Waals surface area contributed by atoms with Gasteiger partial charge in [-0.05, 0) is 6.92 Å². The number of nitrogens with one attached hydrogen (secondary N) is 1. The number of carbonyl (C=O) groups is 1. The topological polar surface area (TPSA) is 120 Å². The molecule has 4 heterocycles. The van der Waals surface area contributed by atoms with Crippen LogP contribution in [0.2, 0.25) is 0 Å². The smallest absolute Gasteiger partial charge is 0.257 e. The largest absolute Gasteiger partial charge is 0.310 e. The number of hydrogen-bond acceptors (Lipinski definition) is 8. The average Bonchev–Trinajstić information content (AvgIpc) is 3.29. The monoisotopic (exact) mass is 370 g/mol. The molecule has 0 radical (unpaired) electrons. The summed E-state index contributed by atoms with van der Waals surface area (Å²) in [6.07, 6.45) is 5.96. The Balaban J connectivity index is 1.49. The van der Waals surface area contributed by atoms with Crippen LogP contribution >= 0.6 is 11.8 Å². The van der Waals surface area contributed by atoms with Gasteiger partial charge in [0.05, 0.1) is 6.04 Å². The first kappa shape index (κ1) is 16.4. The first-order chi connectivity index (χ1) is 12.6. The normalized spacial score (nSPS) is 15.7. The molecule has 10 nitrogen and oxygen atoms in total. The molecule has 1 amide bonds. The molecular weight excluding hydrogens is 356 g/mol. The molecule has 0 saturated heterocycles. The molecule has 1 unspecified atom stereocenters. The highest BCUT2D eigenvalue weighted by atomic mass is 32.2. The molecule has 3 aromatic rings. The van der Waals surface area contributed by atoms with Crippen molar-refractivity contribution in [2.45, 2.75) is 24.5 Å². The third-order valence-corrected chi connectivity index (χ3v) is 5.01. The van der Waals surface area contributed by atoms with Crippen molar-refractivity contribution in [2.24, 2.45) is 0 Å². The van der Waals surface area contributed by atoms with Crippen LogP contribution in [0.4, 0.5) is 5.82 Å². The van der Waals surface area contributed by atoms with Crippen LogP contribution in [-0.4, -0.2) is 45.9 Å². The summed E-state index contributed by atoms with van der Waals surface area (Å²) >= 11 is 1.48. The maximum Gasteiger partial charge on any atom is 0.257 e. The maximum atomic E-state index is 12.4. The molecule has 132 valence electrons. The van der Waals surface area contributed by atoms with Crippen LogP contribution in [-0.2, 0) is 4.79 Å². The van der Waals surface area contributed by atoms with Gasteiger partial charge in [-0.1, -0.05) is 11.8 Å². The third-order valence-electron chi connectivity index (χ3n) is 3.90. The molecule has 1 N–H and O–H groups in total. The number of anilines is 1. The lowest BCUT2D eigenvalue weighted by Crippen LogP contribution is -2.28. The van der Waals surface area contributed by atoms with Crippen molar-refractivity contribution >= 4 is 23.5 Å². The van der Waals surface area contributed by atoms with E-state index in [1.165, 1.54) is 35.4 Å². The van der Waals surface area contributed by atoms with Gasteiger partial charge in [0.1, 0.15) is 24.8 Å². The van der Waals surface area contributed by atoms with Crippen molar-refractivity contribution in [3.8, 4) is 5.82 Å². The Kier molecular flexibility index (Phi) is 4.21. The highest BCUT2D eigenvalue weighted by molar-refractivity contribution is 7.99. The molecular formula is C15H14N8O2S. The van der Waals surface area contributed by atoms with Crippen LogP contribution in [0, 0.1) is 6.92 Å². The van der Waals surface area contributed by atoms with Crippen molar-refractivity contribution in [1.82, 2.24) is 34.3 Å². The van der Waals surface area contributed by atoms with Crippen LogP contribution in [0.1, 0.15) is 18.0 Å². The average molecular weight is 370 g/mol. The van der Waals surface area contributed by atoms with E-state index in [2.05, 4.69) is 30.4 Å². The van der Waals surface area contributed by atoms with Crippen molar-refractivity contribution in [3.05, 3.63) is 47.2 Å². The SMILES string of the molecule is Cc1cnc2n(c1=O)C(CC(=O)Nc1cc(-n3cncn3)ncn1)CS2. The minimum Gasteiger partial charge on any atom is -0.310 e. The van der Waals surface area contributed by atoms with Crippen LogP contribution in [0.3, 0.4) is 0 Å². The summed E-state index contributed by atoms with van der Waals surface area (Å²) < 4.78 is 3.07. The zero-order valence-corrected chi connectivity index (χ0v) is 14.6. The molecule has 4 rings (SSSR count). The quantitative estimate of drug-likeness (QED) is 0.663. The minimum atomic E-state index is -0.236. The number of carbonyl (C=O) groups excluding carboxylic acids is 1. The second-order valence-electron chi connectivity index (χ2n) is 5.72. The van der Waals surface area contributed by atoms with Crippen LogP contribution in [0.25, 0.3) is 5.82 Å². The molecule has 11 heteroatoms. The summed E-state index contributed by atoms with van der Waals surface area (Å²) in [4.78, 5) is 41.0. The lowest BCUT2D eigenvalue weighted by molar-refractivity contribution is -0.116. The lowest BCUT2D eigenvalue weighted by atomic mass is 10.2. The van der Waals surface area contributed by atoms with Crippen LogP contribution < -0.4 is 10.9 Å².